The molecule has 116 valence electrons. The number of benzene rings is 1. The van der Waals surface area contributed by atoms with Crippen molar-refractivity contribution in [2.24, 2.45) is 0 Å². The van der Waals surface area contributed by atoms with Gasteiger partial charge < -0.3 is 10.6 Å². The summed E-state index contributed by atoms with van der Waals surface area (Å²) >= 11 is 0. The van der Waals surface area contributed by atoms with Crippen LogP contribution in [0.3, 0.4) is 0 Å². The molecule has 0 bridgehead atoms. The van der Waals surface area contributed by atoms with E-state index in [1.807, 2.05) is 12.1 Å². The van der Waals surface area contributed by atoms with Crippen LogP contribution >= 0.6 is 0 Å². The second kappa shape index (κ2) is 6.94. The van der Waals surface area contributed by atoms with E-state index in [9.17, 15) is 4.79 Å². The van der Waals surface area contributed by atoms with Gasteiger partial charge in [0.05, 0.1) is 0 Å². The molecule has 2 N–H and O–H groups in total. The molecule has 0 saturated carbocycles. The standard InChI is InChI=1S/C17H27N3O/c1-12(2)20(13(3)4)10-9-19-17(21)15-6-5-14-7-8-18-16(14)11-15/h5-6,11-13,18H,7-10H2,1-4H3,(H,19,21). The maximum Gasteiger partial charge on any atom is 0.251 e. The molecule has 0 unspecified atom stereocenters. The predicted octanol–water partition coefficient (Wildman–Crippen LogP) is 2.50. The molecule has 1 heterocycles. The predicted molar refractivity (Wildman–Crippen MR) is 87.9 cm³/mol. The van der Waals surface area contributed by atoms with E-state index in [2.05, 4.69) is 49.3 Å². The lowest BCUT2D eigenvalue weighted by molar-refractivity contribution is 0.0939. The Bertz CT molecular complexity index is 489. The van der Waals surface area contributed by atoms with Crippen LogP contribution < -0.4 is 10.6 Å². The summed E-state index contributed by atoms with van der Waals surface area (Å²) in [5.74, 6) is 0.0129. The van der Waals surface area contributed by atoms with Gasteiger partial charge in [-0.1, -0.05) is 6.07 Å². The van der Waals surface area contributed by atoms with E-state index in [-0.39, 0.29) is 5.91 Å². The van der Waals surface area contributed by atoms with E-state index >= 15 is 0 Å². The summed E-state index contributed by atoms with van der Waals surface area (Å²) < 4.78 is 0. The summed E-state index contributed by atoms with van der Waals surface area (Å²) in [7, 11) is 0. The molecule has 0 atom stereocenters. The third kappa shape index (κ3) is 3.97. The number of amides is 1. The third-order valence-electron chi connectivity index (χ3n) is 4.06. The van der Waals surface area contributed by atoms with Crippen molar-refractivity contribution >= 4 is 11.6 Å². The summed E-state index contributed by atoms with van der Waals surface area (Å²) in [6.45, 7) is 11.3. The summed E-state index contributed by atoms with van der Waals surface area (Å²) in [6, 6.07) is 6.92. The van der Waals surface area contributed by atoms with Gasteiger partial charge in [0.25, 0.3) is 5.91 Å². The van der Waals surface area contributed by atoms with Crippen LogP contribution in [-0.4, -0.2) is 42.5 Å². The van der Waals surface area contributed by atoms with Crippen LogP contribution in [0.1, 0.15) is 43.6 Å². The molecule has 0 spiro atoms. The zero-order valence-corrected chi connectivity index (χ0v) is 13.6. The first-order valence-corrected chi connectivity index (χ1v) is 7.89. The molecule has 0 aliphatic carbocycles. The number of carbonyl (C=O) groups excluding carboxylic acids is 1. The number of hydrogen-bond acceptors (Lipinski definition) is 3. The molecule has 1 aromatic rings. The first-order chi connectivity index (χ1) is 9.99. The Labute approximate surface area is 127 Å². The number of rotatable bonds is 6. The monoisotopic (exact) mass is 289 g/mol. The highest BCUT2D eigenvalue weighted by molar-refractivity contribution is 5.95. The van der Waals surface area contributed by atoms with E-state index < -0.39 is 0 Å². The Morgan fingerprint density at radius 1 is 1.29 bits per heavy atom. The molecule has 0 saturated heterocycles. The average Bonchev–Trinajstić information content (AvgIpc) is 2.89. The van der Waals surface area contributed by atoms with E-state index in [0.717, 1.165) is 30.8 Å². The number of hydrogen-bond donors (Lipinski definition) is 2. The zero-order valence-electron chi connectivity index (χ0n) is 13.6. The normalized spacial score (nSPS) is 13.7. The van der Waals surface area contributed by atoms with Crippen LogP contribution in [0.25, 0.3) is 0 Å². The lowest BCUT2D eigenvalue weighted by atomic mass is 10.1. The van der Waals surface area contributed by atoms with Crippen LogP contribution in [0.2, 0.25) is 0 Å². The van der Waals surface area contributed by atoms with Gasteiger partial charge in [0.15, 0.2) is 0 Å². The molecule has 1 aromatic carbocycles. The number of nitrogens with zero attached hydrogens (tertiary/aromatic N) is 1. The molecule has 4 heteroatoms. The highest BCUT2D eigenvalue weighted by Crippen LogP contribution is 2.23. The van der Waals surface area contributed by atoms with Crippen LogP contribution in [0.15, 0.2) is 18.2 Å². The van der Waals surface area contributed by atoms with Crippen molar-refractivity contribution in [3.63, 3.8) is 0 Å². The van der Waals surface area contributed by atoms with Gasteiger partial charge in [0.1, 0.15) is 0 Å². The summed E-state index contributed by atoms with van der Waals surface area (Å²) in [5.41, 5.74) is 3.15. The Hall–Kier alpha value is -1.55. The van der Waals surface area contributed by atoms with Gasteiger partial charge in [-0.2, -0.15) is 0 Å². The second-order valence-corrected chi connectivity index (χ2v) is 6.23. The molecule has 21 heavy (non-hydrogen) atoms. The van der Waals surface area contributed by atoms with E-state index in [1.54, 1.807) is 0 Å². The maximum atomic E-state index is 12.2. The van der Waals surface area contributed by atoms with Crippen molar-refractivity contribution in [2.75, 3.05) is 25.0 Å². The van der Waals surface area contributed by atoms with Gasteiger partial charge >= 0.3 is 0 Å². The van der Waals surface area contributed by atoms with Crippen LogP contribution in [0, 0.1) is 0 Å². The Balaban J connectivity index is 1.87. The second-order valence-electron chi connectivity index (χ2n) is 6.23. The van der Waals surface area contributed by atoms with Crippen LogP contribution in [-0.2, 0) is 6.42 Å². The van der Waals surface area contributed by atoms with Gasteiger partial charge in [-0.25, -0.2) is 0 Å². The first-order valence-electron chi connectivity index (χ1n) is 7.89. The largest absolute Gasteiger partial charge is 0.384 e. The molecule has 0 radical (unpaired) electrons. The van der Waals surface area contributed by atoms with Crippen molar-refractivity contribution in [3.05, 3.63) is 29.3 Å². The fourth-order valence-electron chi connectivity index (χ4n) is 2.95. The molecule has 0 aromatic heterocycles. The summed E-state index contributed by atoms with van der Waals surface area (Å²) in [4.78, 5) is 14.6. The summed E-state index contributed by atoms with van der Waals surface area (Å²) in [5, 5.41) is 6.33. The van der Waals surface area contributed by atoms with Gasteiger partial charge in [0.2, 0.25) is 0 Å². The van der Waals surface area contributed by atoms with E-state index in [0.29, 0.717) is 18.6 Å². The van der Waals surface area contributed by atoms with Gasteiger partial charge in [-0.15, -0.1) is 0 Å². The number of nitrogens with one attached hydrogen (secondary N) is 2. The molecule has 1 amide bonds. The Morgan fingerprint density at radius 3 is 2.67 bits per heavy atom. The highest BCUT2D eigenvalue weighted by Gasteiger charge is 2.15. The Kier molecular flexibility index (Phi) is 5.23. The molecule has 2 rings (SSSR count). The van der Waals surface area contributed by atoms with Crippen molar-refractivity contribution in [2.45, 2.75) is 46.2 Å². The maximum absolute atomic E-state index is 12.2. The van der Waals surface area contributed by atoms with Crippen molar-refractivity contribution < 1.29 is 4.79 Å². The number of anilines is 1. The smallest absolute Gasteiger partial charge is 0.251 e. The van der Waals surface area contributed by atoms with E-state index in [1.165, 1.54) is 5.56 Å². The average molecular weight is 289 g/mol. The van der Waals surface area contributed by atoms with Gasteiger partial charge in [-0.3, -0.25) is 9.69 Å². The third-order valence-corrected chi connectivity index (χ3v) is 4.06. The fourth-order valence-corrected chi connectivity index (χ4v) is 2.95. The van der Waals surface area contributed by atoms with Crippen LogP contribution in [0.5, 0.6) is 0 Å². The molecular weight excluding hydrogens is 262 g/mol. The lowest BCUT2D eigenvalue weighted by Crippen LogP contribution is -2.42. The molecule has 4 nitrogen and oxygen atoms in total. The minimum atomic E-state index is 0.0129. The topological polar surface area (TPSA) is 44.4 Å². The quantitative estimate of drug-likeness (QED) is 0.846. The molecule has 0 fully saturated rings. The fraction of sp³-hybridized carbons (Fsp3) is 0.588. The van der Waals surface area contributed by atoms with Crippen LogP contribution in [0.4, 0.5) is 5.69 Å². The Morgan fingerprint density at radius 2 is 2.00 bits per heavy atom. The number of carbonyl (C=O) groups is 1. The summed E-state index contributed by atoms with van der Waals surface area (Å²) in [6.07, 6.45) is 1.05. The molecule has 1 aliphatic rings. The van der Waals surface area contributed by atoms with Gasteiger partial charge in [0, 0.05) is 43.0 Å². The first kappa shape index (κ1) is 15.8. The van der Waals surface area contributed by atoms with E-state index in [4.69, 9.17) is 0 Å². The highest BCUT2D eigenvalue weighted by atomic mass is 16.1. The van der Waals surface area contributed by atoms with Crippen molar-refractivity contribution in [3.8, 4) is 0 Å². The number of fused-ring (bicyclic) bond motifs is 1. The lowest BCUT2D eigenvalue weighted by Gasteiger charge is -2.30. The van der Waals surface area contributed by atoms with Crippen molar-refractivity contribution in [1.29, 1.82) is 0 Å². The van der Waals surface area contributed by atoms with Gasteiger partial charge in [-0.05, 0) is 51.8 Å². The zero-order chi connectivity index (χ0) is 15.4. The minimum absolute atomic E-state index is 0.0129. The molecule has 1 aliphatic heterocycles. The minimum Gasteiger partial charge on any atom is -0.384 e. The SMILES string of the molecule is CC(C)N(CCNC(=O)c1ccc2c(c1)NCC2)C(C)C. The van der Waals surface area contributed by atoms with Crippen molar-refractivity contribution in [1.82, 2.24) is 10.2 Å². The molecular formula is C17H27N3O.